The van der Waals surface area contributed by atoms with Crippen molar-refractivity contribution in [2.45, 2.75) is 31.3 Å². The van der Waals surface area contributed by atoms with E-state index in [1.54, 1.807) is 0 Å². The number of carbonyl (C=O) groups is 2. The summed E-state index contributed by atoms with van der Waals surface area (Å²) in [5.41, 5.74) is 0.253. The molecule has 1 rings (SSSR count). The Hall–Kier alpha value is -2.43. The van der Waals surface area contributed by atoms with E-state index in [-0.39, 0.29) is 28.9 Å². The lowest BCUT2D eigenvalue weighted by atomic mass is 10.2. The van der Waals surface area contributed by atoms with Gasteiger partial charge in [0.25, 0.3) is 10.1 Å². The lowest BCUT2D eigenvalue weighted by Gasteiger charge is -2.14. The maximum absolute atomic E-state index is 11.8. The first-order valence-electron chi connectivity index (χ1n) is 7.57. The molecule has 0 amide bonds. The van der Waals surface area contributed by atoms with Crippen LogP contribution in [0.1, 0.15) is 19.4 Å². The second-order valence-electron chi connectivity index (χ2n) is 5.53. The Morgan fingerprint density at radius 1 is 1.23 bits per heavy atom. The van der Waals surface area contributed by atoms with Gasteiger partial charge in [-0.3, -0.25) is 4.55 Å². The van der Waals surface area contributed by atoms with E-state index in [0.29, 0.717) is 5.56 Å². The van der Waals surface area contributed by atoms with Gasteiger partial charge in [-0.05, 0) is 17.7 Å². The molecular formula is C16H22N2O7S. The number of esters is 2. The van der Waals surface area contributed by atoms with Gasteiger partial charge in [0, 0.05) is 18.3 Å². The van der Waals surface area contributed by atoms with Crippen molar-refractivity contribution in [2.75, 3.05) is 19.5 Å². The summed E-state index contributed by atoms with van der Waals surface area (Å²) in [4.78, 5) is 22.8. The fraction of sp³-hybridized carbons (Fsp3) is 0.375. The van der Waals surface area contributed by atoms with Gasteiger partial charge in [0.15, 0.2) is 0 Å². The number of ether oxygens (including phenoxy) is 2. The molecule has 0 saturated heterocycles. The average molecular weight is 386 g/mol. The molecule has 0 aromatic heterocycles. The molecule has 1 aromatic carbocycles. The first kappa shape index (κ1) is 21.6. The van der Waals surface area contributed by atoms with Gasteiger partial charge in [0.1, 0.15) is 10.6 Å². The van der Waals surface area contributed by atoms with Crippen LogP contribution in [0.3, 0.4) is 0 Å². The van der Waals surface area contributed by atoms with Crippen molar-refractivity contribution in [3.63, 3.8) is 0 Å². The van der Waals surface area contributed by atoms with E-state index in [0.717, 1.165) is 26.4 Å². The number of hydrogen-bond acceptors (Lipinski definition) is 8. The highest BCUT2D eigenvalue weighted by atomic mass is 32.2. The molecule has 144 valence electrons. The molecule has 0 spiro atoms. The number of anilines is 1. The third kappa shape index (κ3) is 6.47. The van der Waals surface area contributed by atoms with Crippen LogP contribution in [0.2, 0.25) is 0 Å². The topological polar surface area (TPSA) is 131 Å². The highest BCUT2D eigenvalue weighted by Gasteiger charge is 2.18. The third-order valence-corrected chi connectivity index (χ3v) is 4.13. The molecule has 9 nitrogen and oxygen atoms in total. The molecule has 0 atom stereocenters. The fourth-order valence-electron chi connectivity index (χ4n) is 1.92. The van der Waals surface area contributed by atoms with Crippen LogP contribution in [0, 0.1) is 0 Å². The zero-order chi connectivity index (χ0) is 19.9. The van der Waals surface area contributed by atoms with E-state index in [4.69, 9.17) is 0 Å². The van der Waals surface area contributed by atoms with Crippen molar-refractivity contribution in [3.05, 3.63) is 35.5 Å². The molecule has 10 heteroatoms. The Morgan fingerprint density at radius 3 is 2.38 bits per heavy atom. The predicted octanol–water partition coefficient (Wildman–Crippen LogP) is 1.07. The second-order valence-corrected chi connectivity index (χ2v) is 6.92. The SMILES string of the molecule is COC(=O)/C=C(/Nc1ccc(CNC(C)C)c(S(=O)(=O)O)c1)C(=O)OC. The van der Waals surface area contributed by atoms with Crippen molar-refractivity contribution >= 4 is 27.7 Å². The molecule has 0 radical (unpaired) electrons. The number of benzene rings is 1. The van der Waals surface area contributed by atoms with E-state index in [1.807, 2.05) is 13.8 Å². The molecule has 0 aliphatic rings. The highest BCUT2D eigenvalue weighted by Crippen LogP contribution is 2.22. The molecule has 0 fully saturated rings. The summed E-state index contributed by atoms with van der Waals surface area (Å²) < 4.78 is 41.8. The van der Waals surface area contributed by atoms with E-state index in [9.17, 15) is 22.6 Å². The minimum Gasteiger partial charge on any atom is -0.466 e. The van der Waals surface area contributed by atoms with Crippen LogP contribution in [-0.2, 0) is 35.7 Å². The van der Waals surface area contributed by atoms with Gasteiger partial charge in [-0.15, -0.1) is 0 Å². The summed E-state index contributed by atoms with van der Waals surface area (Å²) in [5, 5.41) is 5.64. The van der Waals surface area contributed by atoms with Crippen LogP contribution in [-0.4, -0.2) is 45.2 Å². The monoisotopic (exact) mass is 386 g/mol. The van der Waals surface area contributed by atoms with Crippen LogP contribution >= 0.6 is 0 Å². The minimum absolute atomic E-state index is 0.107. The third-order valence-electron chi connectivity index (χ3n) is 3.19. The van der Waals surface area contributed by atoms with Gasteiger partial charge in [0.2, 0.25) is 0 Å². The zero-order valence-electron chi connectivity index (χ0n) is 14.9. The van der Waals surface area contributed by atoms with Crippen molar-refractivity contribution in [3.8, 4) is 0 Å². The molecule has 3 N–H and O–H groups in total. The lowest BCUT2D eigenvalue weighted by molar-refractivity contribution is -0.138. The van der Waals surface area contributed by atoms with Crippen LogP contribution in [0.25, 0.3) is 0 Å². The van der Waals surface area contributed by atoms with Gasteiger partial charge in [-0.1, -0.05) is 19.9 Å². The Morgan fingerprint density at radius 2 is 1.88 bits per heavy atom. The van der Waals surface area contributed by atoms with E-state index < -0.39 is 22.1 Å². The molecule has 0 saturated carbocycles. The van der Waals surface area contributed by atoms with Crippen LogP contribution in [0.4, 0.5) is 5.69 Å². The first-order chi connectivity index (χ1) is 12.1. The molecular weight excluding hydrogens is 364 g/mol. The molecule has 26 heavy (non-hydrogen) atoms. The lowest BCUT2D eigenvalue weighted by Crippen LogP contribution is -2.23. The first-order valence-corrected chi connectivity index (χ1v) is 9.01. The Kier molecular flexibility index (Phi) is 7.75. The Labute approximate surface area is 152 Å². The molecule has 0 aliphatic carbocycles. The molecule has 0 unspecified atom stereocenters. The van der Waals surface area contributed by atoms with Gasteiger partial charge >= 0.3 is 11.9 Å². The summed E-state index contributed by atoms with van der Waals surface area (Å²) in [7, 11) is -2.24. The number of rotatable bonds is 8. The molecule has 0 bridgehead atoms. The number of carbonyl (C=O) groups excluding carboxylic acids is 2. The van der Waals surface area contributed by atoms with Gasteiger partial charge in [-0.2, -0.15) is 8.42 Å². The summed E-state index contributed by atoms with van der Waals surface area (Å²) in [6.45, 7) is 4.00. The van der Waals surface area contributed by atoms with Crippen molar-refractivity contribution in [1.29, 1.82) is 0 Å². The van der Waals surface area contributed by atoms with E-state index in [2.05, 4.69) is 20.1 Å². The highest BCUT2D eigenvalue weighted by molar-refractivity contribution is 7.85. The summed E-state index contributed by atoms with van der Waals surface area (Å²) >= 11 is 0. The number of methoxy groups -OCH3 is 2. The molecule has 0 aliphatic heterocycles. The maximum atomic E-state index is 11.8. The van der Waals surface area contributed by atoms with Crippen molar-refractivity contribution in [1.82, 2.24) is 5.32 Å². The maximum Gasteiger partial charge on any atom is 0.354 e. The van der Waals surface area contributed by atoms with E-state index >= 15 is 0 Å². The number of nitrogens with one attached hydrogen (secondary N) is 2. The van der Waals surface area contributed by atoms with Crippen LogP contribution in [0.5, 0.6) is 0 Å². The number of hydrogen-bond donors (Lipinski definition) is 3. The average Bonchev–Trinajstić information content (AvgIpc) is 2.58. The van der Waals surface area contributed by atoms with Gasteiger partial charge < -0.3 is 20.1 Å². The van der Waals surface area contributed by atoms with E-state index in [1.165, 1.54) is 12.1 Å². The predicted molar refractivity (Wildman–Crippen MR) is 94.0 cm³/mol. The minimum atomic E-state index is -4.50. The fourth-order valence-corrected chi connectivity index (χ4v) is 2.67. The van der Waals surface area contributed by atoms with Crippen LogP contribution < -0.4 is 10.6 Å². The van der Waals surface area contributed by atoms with Crippen molar-refractivity contribution in [2.24, 2.45) is 0 Å². The largest absolute Gasteiger partial charge is 0.466 e. The summed E-state index contributed by atoms with van der Waals surface area (Å²) in [6, 6.07) is 4.24. The standard InChI is InChI=1S/C16H22N2O7S/c1-10(2)17-9-11-5-6-12(7-14(11)26(21,22)23)18-13(16(20)25-4)8-15(19)24-3/h5-8,10,17-18H,9H2,1-4H3,(H,21,22,23)/b13-8+. The second kappa shape index (κ2) is 9.32. The normalized spacial score (nSPS) is 12.0. The van der Waals surface area contributed by atoms with Crippen LogP contribution in [0.15, 0.2) is 34.9 Å². The Balaban J connectivity index is 3.26. The zero-order valence-corrected chi connectivity index (χ0v) is 15.7. The quantitative estimate of drug-likeness (QED) is 0.341. The van der Waals surface area contributed by atoms with Gasteiger partial charge in [-0.25, -0.2) is 9.59 Å². The molecule has 1 aromatic rings. The Bertz CT molecular complexity index is 801. The van der Waals surface area contributed by atoms with Crippen molar-refractivity contribution < 1.29 is 32.0 Å². The van der Waals surface area contributed by atoms with Gasteiger partial charge in [0.05, 0.1) is 20.3 Å². The smallest absolute Gasteiger partial charge is 0.354 e. The summed E-state index contributed by atoms with van der Waals surface area (Å²) in [6.07, 6.45) is 0.868. The molecule has 0 heterocycles. The summed E-state index contributed by atoms with van der Waals surface area (Å²) in [5.74, 6) is -1.65.